The molecule has 0 fully saturated rings. The summed E-state index contributed by atoms with van der Waals surface area (Å²) in [6.07, 6.45) is 1.53. The van der Waals surface area contributed by atoms with Crippen LogP contribution in [-0.4, -0.2) is 5.91 Å². The molecule has 1 radical (unpaired) electrons. The van der Waals surface area contributed by atoms with Crippen molar-refractivity contribution in [2.75, 3.05) is 0 Å². The Morgan fingerprint density at radius 1 is 1.31 bits per heavy atom. The second kappa shape index (κ2) is 3.60. The van der Waals surface area contributed by atoms with Gasteiger partial charge in [-0.05, 0) is 5.56 Å². The van der Waals surface area contributed by atoms with E-state index in [-0.39, 0.29) is 11.3 Å². The smallest absolute Gasteiger partial charge is 0.222 e. The van der Waals surface area contributed by atoms with Crippen LogP contribution in [0.2, 0.25) is 0 Å². The summed E-state index contributed by atoms with van der Waals surface area (Å²) in [5.74, 6) is -0.381. The van der Waals surface area contributed by atoms with Gasteiger partial charge < -0.3 is 5.73 Å². The van der Waals surface area contributed by atoms with E-state index in [2.05, 4.69) is 0 Å². The van der Waals surface area contributed by atoms with Crippen LogP contribution in [0.5, 0.6) is 0 Å². The fraction of sp³-hybridized carbons (Fsp3) is 0.273. The summed E-state index contributed by atoms with van der Waals surface area (Å²) >= 11 is 0. The van der Waals surface area contributed by atoms with E-state index in [0.717, 1.165) is 5.56 Å². The van der Waals surface area contributed by atoms with Gasteiger partial charge in [-0.2, -0.15) is 0 Å². The van der Waals surface area contributed by atoms with Gasteiger partial charge in [0, 0.05) is 5.41 Å². The first-order valence-corrected chi connectivity index (χ1v) is 4.23. The molecule has 0 aliphatic carbocycles. The Morgan fingerprint density at radius 2 is 1.85 bits per heavy atom. The molecule has 1 amide bonds. The molecule has 0 bridgehead atoms. The van der Waals surface area contributed by atoms with Gasteiger partial charge in [-0.3, -0.25) is 4.79 Å². The lowest BCUT2D eigenvalue weighted by Crippen LogP contribution is -2.27. The Hall–Kier alpha value is -1.31. The molecule has 0 spiro atoms. The predicted octanol–water partition coefficient (Wildman–Crippen LogP) is 1.65. The zero-order valence-electron chi connectivity index (χ0n) is 7.95. The second-order valence-corrected chi connectivity index (χ2v) is 3.63. The number of carbonyl (C=O) groups excluding carboxylic acids is 1. The molecule has 2 N–H and O–H groups in total. The second-order valence-electron chi connectivity index (χ2n) is 3.63. The standard InChI is InChI=1S/C11H14NO/c1-11(2,8-10(12)13)9-6-4-3-5-7-9/h3-8H,1-2H3,(H2,12,13). The Balaban J connectivity index is 2.87. The third-order valence-electron chi connectivity index (χ3n) is 2.02. The number of nitrogens with two attached hydrogens (primary N) is 1. The molecule has 1 rings (SSSR count). The number of benzene rings is 1. The van der Waals surface area contributed by atoms with Crippen LogP contribution >= 0.6 is 0 Å². The SMILES string of the molecule is CC(C)([CH]C(N)=O)c1ccccc1. The summed E-state index contributed by atoms with van der Waals surface area (Å²) in [5, 5.41) is 0. The van der Waals surface area contributed by atoms with Crippen molar-refractivity contribution >= 4 is 5.91 Å². The van der Waals surface area contributed by atoms with E-state index in [0.29, 0.717) is 0 Å². The summed E-state index contributed by atoms with van der Waals surface area (Å²) in [4.78, 5) is 10.8. The van der Waals surface area contributed by atoms with Crippen LogP contribution in [0.1, 0.15) is 19.4 Å². The van der Waals surface area contributed by atoms with Crippen LogP contribution in [0.25, 0.3) is 0 Å². The lowest BCUT2D eigenvalue weighted by molar-refractivity contribution is -0.115. The average Bonchev–Trinajstić information content (AvgIpc) is 2.04. The maximum absolute atomic E-state index is 10.8. The topological polar surface area (TPSA) is 43.1 Å². The maximum atomic E-state index is 10.8. The van der Waals surface area contributed by atoms with E-state index in [1.807, 2.05) is 44.2 Å². The number of amides is 1. The van der Waals surface area contributed by atoms with Crippen LogP contribution in [0, 0.1) is 6.42 Å². The van der Waals surface area contributed by atoms with E-state index in [4.69, 9.17) is 5.73 Å². The third kappa shape index (κ3) is 2.58. The number of carbonyl (C=O) groups is 1. The van der Waals surface area contributed by atoms with E-state index in [1.165, 1.54) is 6.42 Å². The minimum Gasteiger partial charge on any atom is -0.369 e. The quantitative estimate of drug-likeness (QED) is 0.747. The van der Waals surface area contributed by atoms with Crippen LogP contribution < -0.4 is 5.73 Å². The molecule has 0 heterocycles. The molecule has 0 saturated heterocycles. The summed E-state index contributed by atoms with van der Waals surface area (Å²) in [6.45, 7) is 3.93. The summed E-state index contributed by atoms with van der Waals surface area (Å²) in [6, 6.07) is 9.82. The highest BCUT2D eigenvalue weighted by Crippen LogP contribution is 2.25. The van der Waals surface area contributed by atoms with Crippen molar-refractivity contribution in [1.82, 2.24) is 0 Å². The van der Waals surface area contributed by atoms with Gasteiger partial charge in [0.1, 0.15) is 0 Å². The van der Waals surface area contributed by atoms with Gasteiger partial charge in [0.25, 0.3) is 0 Å². The Labute approximate surface area is 78.8 Å². The third-order valence-corrected chi connectivity index (χ3v) is 2.02. The molecule has 69 valence electrons. The fourth-order valence-corrected chi connectivity index (χ4v) is 1.31. The van der Waals surface area contributed by atoms with Crippen LogP contribution in [-0.2, 0) is 10.2 Å². The van der Waals surface area contributed by atoms with Gasteiger partial charge in [-0.1, -0.05) is 44.2 Å². The van der Waals surface area contributed by atoms with Crippen LogP contribution in [0.15, 0.2) is 30.3 Å². The minimum atomic E-state index is -0.381. The minimum absolute atomic E-state index is 0.285. The van der Waals surface area contributed by atoms with Gasteiger partial charge in [0.05, 0.1) is 6.42 Å². The van der Waals surface area contributed by atoms with Crippen molar-refractivity contribution in [1.29, 1.82) is 0 Å². The van der Waals surface area contributed by atoms with Gasteiger partial charge in [-0.25, -0.2) is 0 Å². The molecular formula is C11H14NO. The fourth-order valence-electron chi connectivity index (χ4n) is 1.31. The first-order valence-electron chi connectivity index (χ1n) is 4.23. The van der Waals surface area contributed by atoms with E-state index < -0.39 is 0 Å². The average molecular weight is 176 g/mol. The highest BCUT2D eigenvalue weighted by molar-refractivity contribution is 5.85. The number of rotatable bonds is 3. The van der Waals surface area contributed by atoms with E-state index in [1.54, 1.807) is 0 Å². The Morgan fingerprint density at radius 3 is 2.31 bits per heavy atom. The van der Waals surface area contributed by atoms with Crippen molar-refractivity contribution in [3.05, 3.63) is 42.3 Å². The lowest BCUT2D eigenvalue weighted by Gasteiger charge is -2.22. The molecule has 0 atom stereocenters. The van der Waals surface area contributed by atoms with Gasteiger partial charge >= 0.3 is 0 Å². The zero-order valence-corrected chi connectivity index (χ0v) is 7.95. The molecule has 0 saturated carbocycles. The number of primary amides is 1. The molecule has 1 aromatic rings. The first-order chi connectivity index (χ1) is 6.02. The highest BCUT2D eigenvalue weighted by atomic mass is 16.1. The van der Waals surface area contributed by atoms with E-state index in [9.17, 15) is 4.79 Å². The molecular weight excluding hydrogens is 162 g/mol. The number of hydrogen-bond acceptors (Lipinski definition) is 1. The van der Waals surface area contributed by atoms with Gasteiger partial charge in [0.15, 0.2) is 0 Å². The summed E-state index contributed by atoms with van der Waals surface area (Å²) in [5.41, 5.74) is 5.93. The molecule has 13 heavy (non-hydrogen) atoms. The van der Waals surface area contributed by atoms with Crippen molar-refractivity contribution in [3.63, 3.8) is 0 Å². The Kier molecular flexibility index (Phi) is 2.71. The predicted molar refractivity (Wildman–Crippen MR) is 53.0 cm³/mol. The van der Waals surface area contributed by atoms with Crippen molar-refractivity contribution in [2.24, 2.45) is 5.73 Å². The zero-order chi connectivity index (χ0) is 9.90. The largest absolute Gasteiger partial charge is 0.369 e. The molecule has 0 aliphatic heterocycles. The Bertz CT molecular complexity index is 290. The molecule has 0 unspecified atom stereocenters. The van der Waals surface area contributed by atoms with E-state index >= 15 is 0 Å². The monoisotopic (exact) mass is 176 g/mol. The van der Waals surface area contributed by atoms with Crippen LogP contribution in [0.3, 0.4) is 0 Å². The van der Waals surface area contributed by atoms with Crippen LogP contribution in [0.4, 0.5) is 0 Å². The van der Waals surface area contributed by atoms with Crippen molar-refractivity contribution in [2.45, 2.75) is 19.3 Å². The maximum Gasteiger partial charge on any atom is 0.222 e. The normalized spacial score (nSPS) is 11.2. The van der Waals surface area contributed by atoms with Crippen molar-refractivity contribution in [3.8, 4) is 0 Å². The highest BCUT2D eigenvalue weighted by Gasteiger charge is 2.22. The lowest BCUT2D eigenvalue weighted by atomic mass is 9.81. The summed E-state index contributed by atoms with van der Waals surface area (Å²) < 4.78 is 0. The summed E-state index contributed by atoms with van der Waals surface area (Å²) in [7, 11) is 0. The van der Waals surface area contributed by atoms with Gasteiger partial charge in [-0.15, -0.1) is 0 Å². The van der Waals surface area contributed by atoms with Gasteiger partial charge in [0.2, 0.25) is 5.91 Å². The van der Waals surface area contributed by atoms with Crippen molar-refractivity contribution < 1.29 is 4.79 Å². The number of hydrogen-bond donors (Lipinski definition) is 1. The molecule has 1 aromatic carbocycles. The first kappa shape index (κ1) is 9.78. The molecule has 2 nitrogen and oxygen atoms in total. The molecule has 0 aliphatic rings. The molecule has 2 heteroatoms. The molecule has 0 aromatic heterocycles.